The highest BCUT2D eigenvalue weighted by atomic mass is 32.2. The quantitative estimate of drug-likeness (QED) is 0.680. The lowest BCUT2D eigenvalue weighted by Gasteiger charge is -2.06. The number of benzene rings is 1. The minimum absolute atomic E-state index is 0.722. The number of nitrogens with one attached hydrogen (secondary N) is 1. The van der Waals surface area contributed by atoms with Crippen LogP contribution in [-0.2, 0) is 11.0 Å². The fourth-order valence-corrected chi connectivity index (χ4v) is 1.49. The molecule has 1 aromatic rings. The summed E-state index contributed by atoms with van der Waals surface area (Å²) < 4.78 is 13.6. The summed E-state index contributed by atoms with van der Waals surface area (Å²) in [5.74, 6) is 0. The van der Waals surface area contributed by atoms with E-state index in [4.69, 9.17) is 5.73 Å². The van der Waals surface area contributed by atoms with Crippen molar-refractivity contribution in [1.82, 2.24) is 0 Å². The van der Waals surface area contributed by atoms with Crippen LogP contribution in [0.4, 0.5) is 11.4 Å². The molecular formula is C8H12N2OS. The molecule has 0 saturated carbocycles. The van der Waals surface area contributed by atoms with Crippen molar-refractivity contribution in [3.63, 3.8) is 0 Å². The topological polar surface area (TPSA) is 55.1 Å². The van der Waals surface area contributed by atoms with Gasteiger partial charge in [-0.15, -0.1) is 0 Å². The van der Waals surface area contributed by atoms with Crippen LogP contribution in [0.3, 0.4) is 0 Å². The molecule has 1 aromatic carbocycles. The molecule has 1 unspecified atom stereocenters. The van der Waals surface area contributed by atoms with Gasteiger partial charge in [-0.05, 0) is 30.7 Å². The van der Waals surface area contributed by atoms with E-state index in [9.17, 15) is 4.21 Å². The fourth-order valence-electron chi connectivity index (χ4n) is 0.956. The number of rotatable bonds is 2. The van der Waals surface area contributed by atoms with Crippen LogP contribution < -0.4 is 10.5 Å². The molecule has 1 rings (SSSR count). The average molecular weight is 184 g/mol. The third kappa shape index (κ3) is 2.23. The van der Waals surface area contributed by atoms with Gasteiger partial charge in [-0.3, -0.25) is 0 Å². The molecule has 0 aliphatic heterocycles. The van der Waals surface area contributed by atoms with Gasteiger partial charge in [-0.2, -0.15) is 0 Å². The van der Waals surface area contributed by atoms with Gasteiger partial charge >= 0.3 is 0 Å². The Balaban J connectivity index is 2.93. The number of hydrogen-bond donors (Lipinski definition) is 2. The number of nitrogens with two attached hydrogens (primary N) is 1. The van der Waals surface area contributed by atoms with Gasteiger partial charge in [0.05, 0.1) is 0 Å². The maximum absolute atomic E-state index is 10.8. The number of hydrogen-bond acceptors (Lipinski definition) is 2. The first kappa shape index (κ1) is 9.06. The van der Waals surface area contributed by atoms with Crippen LogP contribution in [0.5, 0.6) is 0 Å². The molecule has 0 saturated heterocycles. The SMILES string of the molecule is Cc1cc(N)ccc1NS(C)=O. The van der Waals surface area contributed by atoms with Gasteiger partial charge in [-0.1, -0.05) is 0 Å². The lowest BCUT2D eigenvalue weighted by Crippen LogP contribution is -2.02. The van der Waals surface area contributed by atoms with E-state index in [1.54, 1.807) is 12.3 Å². The molecule has 0 amide bonds. The molecule has 0 aliphatic carbocycles. The third-order valence-electron chi connectivity index (χ3n) is 1.50. The predicted molar refractivity (Wildman–Crippen MR) is 53.3 cm³/mol. The Morgan fingerprint density at radius 1 is 1.50 bits per heavy atom. The molecule has 1 atom stereocenters. The molecule has 0 radical (unpaired) electrons. The summed E-state index contributed by atoms with van der Waals surface area (Å²) in [6, 6.07) is 5.45. The molecule has 0 fully saturated rings. The van der Waals surface area contributed by atoms with Gasteiger partial charge in [0.2, 0.25) is 0 Å². The summed E-state index contributed by atoms with van der Waals surface area (Å²) in [4.78, 5) is 0. The van der Waals surface area contributed by atoms with Crippen molar-refractivity contribution in [3.05, 3.63) is 23.8 Å². The molecule has 3 N–H and O–H groups in total. The van der Waals surface area contributed by atoms with E-state index in [0.29, 0.717) is 0 Å². The van der Waals surface area contributed by atoms with Crippen molar-refractivity contribution >= 4 is 22.4 Å². The summed E-state index contributed by atoms with van der Waals surface area (Å²) in [6.45, 7) is 1.92. The first-order chi connectivity index (χ1) is 5.59. The normalized spacial score (nSPS) is 12.5. The van der Waals surface area contributed by atoms with E-state index in [1.165, 1.54) is 0 Å². The molecule has 0 aromatic heterocycles. The Hall–Kier alpha value is -1.03. The molecule has 4 heteroatoms. The van der Waals surface area contributed by atoms with Crippen LogP contribution in [0.1, 0.15) is 5.56 Å². The third-order valence-corrected chi connectivity index (χ3v) is 2.01. The van der Waals surface area contributed by atoms with Crippen LogP contribution in [0, 0.1) is 6.92 Å². The largest absolute Gasteiger partial charge is 0.399 e. The van der Waals surface area contributed by atoms with Gasteiger partial charge in [0, 0.05) is 17.6 Å². The molecule has 0 bridgehead atoms. The minimum atomic E-state index is -1.02. The molecular weight excluding hydrogens is 172 g/mol. The first-order valence-electron chi connectivity index (χ1n) is 3.56. The highest BCUT2D eigenvalue weighted by Gasteiger charge is 1.98. The highest BCUT2D eigenvalue weighted by molar-refractivity contribution is 7.85. The maximum atomic E-state index is 10.8. The van der Waals surface area contributed by atoms with Crippen LogP contribution in [0.2, 0.25) is 0 Å². The van der Waals surface area contributed by atoms with Crippen molar-refractivity contribution < 1.29 is 4.21 Å². The lowest BCUT2D eigenvalue weighted by molar-refractivity contribution is 0.690. The van der Waals surface area contributed by atoms with Gasteiger partial charge < -0.3 is 10.5 Å². The van der Waals surface area contributed by atoms with Crippen molar-refractivity contribution in [2.75, 3.05) is 16.7 Å². The fraction of sp³-hybridized carbons (Fsp3) is 0.250. The Morgan fingerprint density at radius 3 is 2.67 bits per heavy atom. The Labute approximate surface area is 74.6 Å². The van der Waals surface area contributed by atoms with Crippen molar-refractivity contribution in [3.8, 4) is 0 Å². The van der Waals surface area contributed by atoms with E-state index < -0.39 is 11.0 Å². The zero-order valence-corrected chi connectivity index (χ0v) is 7.94. The minimum Gasteiger partial charge on any atom is -0.399 e. The van der Waals surface area contributed by atoms with E-state index >= 15 is 0 Å². The zero-order chi connectivity index (χ0) is 9.14. The zero-order valence-electron chi connectivity index (χ0n) is 7.13. The second kappa shape index (κ2) is 3.58. The summed E-state index contributed by atoms with van der Waals surface area (Å²) in [5.41, 5.74) is 8.15. The second-order valence-corrected chi connectivity index (χ2v) is 3.74. The summed E-state index contributed by atoms with van der Waals surface area (Å²) in [6.07, 6.45) is 1.59. The van der Waals surface area contributed by atoms with Crippen LogP contribution in [0.15, 0.2) is 18.2 Å². The van der Waals surface area contributed by atoms with Gasteiger partial charge in [0.25, 0.3) is 0 Å². The van der Waals surface area contributed by atoms with E-state index in [2.05, 4.69) is 4.72 Å². The summed E-state index contributed by atoms with van der Waals surface area (Å²) >= 11 is 0. The van der Waals surface area contributed by atoms with Crippen LogP contribution >= 0.6 is 0 Å². The van der Waals surface area contributed by atoms with Crippen LogP contribution in [-0.4, -0.2) is 10.5 Å². The van der Waals surface area contributed by atoms with Gasteiger partial charge in [0.1, 0.15) is 11.0 Å². The van der Waals surface area contributed by atoms with E-state index in [1.807, 2.05) is 19.1 Å². The Morgan fingerprint density at radius 2 is 2.17 bits per heavy atom. The Kier molecular flexibility index (Phi) is 2.70. The summed E-state index contributed by atoms with van der Waals surface area (Å²) in [7, 11) is -1.02. The number of nitrogen functional groups attached to an aromatic ring is 1. The molecule has 0 spiro atoms. The first-order valence-corrected chi connectivity index (χ1v) is 5.11. The number of anilines is 2. The van der Waals surface area contributed by atoms with Gasteiger partial charge in [0.15, 0.2) is 0 Å². The second-order valence-electron chi connectivity index (χ2n) is 2.63. The predicted octanol–water partition coefficient (Wildman–Crippen LogP) is 1.28. The average Bonchev–Trinajstić information content (AvgIpc) is 1.94. The van der Waals surface area contributed by atoms with Gasteiger partial charge in [-0.25, -0.2) is 4.21 Å². The van der Waals surface area contributed by atoms with Crippen molar-refractivity contribution in [2.45, 2.75) is 6.92 Å². The summed E-state index contributed by atoms with van der Waals surface area (Å²) in [5, 5.41) is 0. The molecule has 66 valence electrons. The smallest absolute Gasteiger partial charge is 0.113 e. The maximum Gasteiger partial charge on any atom is 0.113 e. The monoisotopic (exact) mass is 184 g/mol. The van der Waals surface area contributed by atoms with E-state index in [-0.39, 0.29) is 0 Å². The molecule has 3 nitrogen and oxygen atoms in total. The van der Waals surface area contributed by atoms with Crippen molar-refractivity contribution in [2.24, 2.45) is 0 Å². The lowest BCUT2D eigenvalue weighted by atomic mass is 10.2. The van der Waals surface area contributed by atoms with Crippen molar-refractivity contribution in [1.29, 1.82) is 0 Å². The Bertz CT molecular complexity index is 312. The molecule has 12 heavy (non-hydrogen) atoms. The highest BCUT2D eigenvalue weighted by Crippen LogP contribution is 2.17. The standard InChI is InChI=1S/C8H12N2OS/c1-6-5-7(9)3-4-8(6)10-12(2)11/h3-5,10H,9H2,1-2H3. The number of aryl methyl sites for hydroxylation is 1. The molecule has 0 heterocycles. The molecule has 0 aliphatic rings. The van der Waals surface area contributed by atoms with Crippen LogP contribution in [0.25, 0.3) is 0 Å². The van der Waals surface area contributed by atoms with E-state index in [0.717, 1.165) is 16.9 Å².